The molecule has 1 aromatic rings. The van der Waals surface area contributed by atoms with E-state index in [-0.39, 0.29) is 18.0 Å². The number of hydrogen-bond donors (Lipinski definition) is 1. The highest BCUT2D eigenvalue weighted by atomic mass is 16.5. The van der Waals surface area contributed by atoms with E-state index < -0.39 is 0 Å². The summed E-state index contributed by atoms with van der Waals surface area (Å²) in [6.07, 6.45) is 8.90. The van der Waals surface area contributed by atoms with E-state index in [2.05, 4.69) is 21.8 Å². The van der Waals surface area contributed by atoms with Crippen molar-refractivity contribution in [1.29, 1.82) is 0 Å². The largest absolute Gasteiger partial charge is 0.381 e. The van der Waals surface area contributed by atoms with Crippen molar-refractivity contribution < 1.29 is 9.53 Å². The van der Waals surface area contributed by atoms with Gasteiger partial charge >= 0.3 is 0 Å². The number of likely N-dealkylation sites (tertiary alicyclic amines) is 1. The van der Waals surface area contributed by atoms with Crippen LogP contribution in [0.15, 0.2) is 0 Å². The van der Waals surface area contributed by atoms with Crippen molar-refractivity contribution in [3.8, 4) is 0 Å². The highest BCUT2D eigenvalue weighted by Crippen LogP contribution is 2.33. The molecule has 3 aliphatic rings. The molecule has 6 heteroatoms. The van der Waals surface area contributed by atoms with Crippen molar-refractivity contribution in [3.05, 3.63) is 17.2 Å². The van der Waals surface area contributed by atoms with Gasteiger partial charge in [-0.05, 0) is 57.9 Å². The lowest BCUT2D eigenvalue weighted by molar-refractivity contribution is -0.123. The van der Waals surface area contributed by atoms with Gasteiger partial charge in [0.2, 0.25) is 5.91 Å². The van der Waals surface area contributed by atoms with Crippen LogP contribution in [-0.2, 0) is 29.4 Å². The predicted molar refractivity (Wildman–Crippen MR) is 95.4 cm³/mol. The second-order valence-electron chi connectivity index (χ2n) is 7.71. The Morgan fingerprint density at radius 1 is 1.20 bits per heavy atom. The van der Waals surface area contributed by atoms with Gasteiger partial charge in [0, 0.05) is 32.0 Å². The molecule has 138 valence electrons. The lowest BCUT2D eigenvalue weighted by Crippen LogP contribution is -2.44. The van der Waals surface area contributed by atoms with Gasteiger partial charge in [0.05, 0.1) is 18.3 Å². The van der Waals surface area contributed by atoms with E-state index in [1.807, 2.05) is 0 Å². The van der Waals surface area contributed by atoms with Crippen molar-refractivity contribution in [2.75, 3.05) is 26.3 Å². The highest BCUT2D eigenvalue weighted by molar-refractivity contribution is 5.78. The normalized spacial score (nSPS) is 25.1. The molecule has 2 aliphatic heterocycles. The van der Waals surface area contributed by atoms with Crippen molar-refractivity contribution in [3.63, 3.8) is 0 Å². The van der Waals surface area contributed by atoms with Crippen LogP contribution >= 0.6 is 0 Å². The Bertz CT molecular complexity index is 621. The summed E-state index contributed by atoms with van der Waals surface area (Å²) in [6, 6.07) is 0.568. The molecule has 1 aliphatic carbocycles. The summed E-state index contributed by atoms with van der Waals surface area (Å²) in [6.45, 7) is 3.00. The molecule has 0 spiro atoms. The lowest BCUT2D eigenvalue weighted by Gasteiger charge is -2.27. The standard InChI is InChI=1S/C19H30N4O2/c1-22-16-6-3-2-5-15(16)21-19(22)17-7-4-10-23(17)13-18(24)20-14-8-11-25-12-9-14/h14,17H,2-13H2,1H3,(H,20,24)/t17-/m0/s1. The molecule has 0 radical (unpaired) electrons. The molecule has 0 bridgehead atoms. The summed E-state index contributed by atoms with van der Waals surface area (Å²) in [7, 11) is 2.16. The van der Waals surface area contributed by atoms with Gasteiger partial charge in [0.1, 0.15) is 5.82 Å². The monoisotopic (exact) mass is 346 g/mol. The van der Waals surface area contributed by atoms with Crippen molar-refractivity contribution in [2.24, 2.45) is 7.05 Å². The number of ether oxygens (including phenoxy) is 1. The van der Waals surface area contributed by atoms with E-state index >= 15 is 0 Å². The maximum absolute atomic E-state index is 12.5. The number of aromatic nitrogens is 2. The molecule has 0 saturated carbocycles. The minimum Gasteiger partial charge on any atom is -0.381 e. The molecule has 0 unspecified atom stereocenters. The summed E-state index contributed by atoms with van der Waals surface area (Å²) >= 11 is 0. The molecule has 25 heavy (non-hydrogen) atoms. The summed E-state index contributed by atoms with van der Waals surface area (Å²) in [5, 5.41) is 3.19. The third-order valence-corrected chi connectivity index (χ3v) is 6.00. The fraction of sp³-hybridized carbons (Fsp3) is 0.789. The zero-order valence-electron chi connectivity index (χ0n) is 15.3. The average molecular weight is 346 g/mol. The van der Waals surface area contributed by atoms with Crippen molar-refractivity contribution in [1.82, 2.24) is 19.8 Å². The van der Waals surface area contributed by atoms with Crippen LogP contribution in [0, 0.1) is 0 Å². The van der Waals surface area contributed by atoms with Crippen LogP contribution in [0.5, 0.6) is 0 Å². The summed E-state index contributed by atoms with van der Waals surface area (Å²) in [4.78, 5) is 19.8. The predicted octanol–water partition coefficient (Wildman–Crippen LogP) is 1.73. The SMILES string of the molecule is Cn1c([C@@H]2CCCN2CC(=O)NC2CCOCC2)nc2c1CCCC2. The van der Waals surface area contributed by atoms with Crippen LogP contribution in [0.25, 0.3) is 0 Å². The number of amides is 1. The molecule has 2 fully saturated rings. The van der Waals surface area contributed by atoms with E-state index in [0.717, 1.165) is 58.3 Å². The maximum atomic E-state index is 12.5. The Morgan fingerprint density at radius 2 is 2.00 bits per heavy atom. The molecular formula is C19H30N4O2. The smallest absolute Gasteiger partial charge is 0.234 e. The van der Waals surface area contributed by atoms with Gasteiger partial charge in [-0.2, -0.15) is 0 Å². The van der Waals surface area contributed by atoms with E-state index in [1.54, 1.807) is 0 Å². The number of imidazole rings is 1. The zero-order valence-corrected chi connectivity index (χ0v) is 15.3. The van der Waals surface area contributed by atoms with E-state index in [1.165, 1.54) is 30.1 Å². The third-order valence-electron chi connectivity index (χ3n) is 6.00. The molecule has 2 saturated heterocycles. The molecule has 0 aromatic carbocycles. The number of nitrogens with one attached hydrogen (secondary N) is 1. The van der Waals surface area contributed by atoms with E-state index in [4.69, 9.17) is 9.72 Å². The molecule has 3 heterocycles. The van der Waals surface area contributed by atoms with Crippen LogP contribution in [0.4, 0.5) is 0 Å². The minimum atomic E-state index is 0.151. The third kappa shape index (κ3) is 3.60. The van der Waals surface area contributed by atoms with Gasteiger partial charge in [0.15, 0.2) is 0 Å². The first kappa shape index (κ1) is 17.0. The van der Waals surface area contributed by atoms with Gasteiger partial charge < -0.3 is 14.6 Å². The van der Waals surface area contributed by atoms with Crippen LogP contribution in [0.3, 0.4) is 0 Å². The topological polar surface area (TPSA) is 59.4 Å². The number of rotatable bonds is 4. The van der Waals surface area contributed by atoms with Gasteiger partial charge in [-0.25, -0.2) is 4.98 Å². The second kappa shape index (κ2) is 7.46. The first-order valence-electron chi connectivity index (χ1n) is 9.88. The molecule has 1 atom stereocenters. The van der Waals surface area contributed by atoms with E-state index in [9.17, 15) is 4.79 Å². The van der Waals surface area contributed by atoms with Crippen LogP contribution in [0.1, 0.15) is 61.8 Å². The highest BCUT2D eigenvalue weighted by Gasteiger charge is 2.32. The molecule has 1 aromatic heterocycles. The number of aryl methyl sites for hydroxylation is 1. The zero-order chi connectivity index (χ0) is 17.2. The van der Waals surface area contributed by atoms with Crippen LogP contribution in [0.2, 0.25) is 0 Å². The molecule has 1 amide bonds. The average Bonchev–Trinajstić information content (AvgIpc) is 3.20. The van der Waals surface area contributed by atoms with Gasteiger partial charge in [-0.15, -0.1) is 0 Å². The Labute approximate surface area is 149 Å². The number of hydrogen-bond acceptors (Lipinski definition) is 4. The van der Waals surface area contributed by atoms with Crippen molar-refractivity contribution in [2.45, 2.75) is 63.5 Å². The van der Waals surface area contributed by atoms with Crippen LogP contribution in [-0.4, -0.2) is 52.7 Å². The van der Waals surface area contributed by atoms with Crippen molar-refractivity contribution >= 4 is 5.91 Å². The number of carbonyl (C=O) groups excluding carboxylic acids is 1. The number of carbonyl (C=O) groups is 1. The molecule has 1 N–H and O–H groups in total. The number of fused-ring (bicyclic) bond motifs is 1. The second-order valence-corrected chi connectivity index (χ2v) is 7.71. The summed E-state index contributed by atoms with van der Waals surface area (Å²) < 4.78 is 7.68. The fourth-order valence-electron chi connectivity index (χ4n) is 4.61. The summed E-state index contributed by atoms with van der Waals surface area (Å²) in [5.74, 6) is 1.32. The fourth-order valence-corrected chi connectivity index (χ4v) is 4.61. The quantitative estimate of drug-likeness (QED) is 0.902. The van der Waals surface area contributed by atoms with E-state index in [0.29, 0.717) is 6.54 Å². The van der Waals surface area contributed by atoms with Gasteiger partial charge in [0.25, 0.3) is 0 Å². The Balaban J connectivity index is 1.42. The lowest BCUT2D eigenvalue weighted by atomic mass is 10.0. The minimum absolute atomic E-state index is 0.151. The van der Waals surface area contributed by atoms with Gasteiger partial charge in [-0.1, -0.05) is 0 Å². The first-order valence-corrected chi connectivity index (χ1v) is 9.88. The van der Waals surface area contributed by atoms with Crippen LogP contribution < -0.4 is 5.32 Å². The van der Waals surface area contributed by atoms with Gasteiger partial charge in [-0.3, -0.25) is 9.69 Å². The Hall–Kier alpha value is -1.40. The molecular weight excluding hydrogens is 316 g/mol. The molecule has 6 nitrogen and oxygen atoms in total. The summed E-state index contributed by atoms with van der Waals surface area (Å²) in [5.41, 5.74) is 2.71. The first-order chi connectivity index (χ1) is 12.2. The maximum Gasteiger partial charge on any atom is 0.234 e. The Morgan fingerprint density at radius 3 is 2.80 bits per heavy atom. The molecule has 4 rings (SSSR count). The number of nitrogens with zero attached hydrogens (tertiary/aromatic N) is 3. The Kier molecular flexibility index (Phi) is 5.08.